The number of carboxylic acid groups (broad SMARTS) is 1. The highest BCUT2D eigenvalue weighted by molar-refractivity contribution is 9.10. The summed E-state index contributed by atoms with van der Waals surface area (Å²) in [6.07, 6.45) is 2.13. The van der Waals surface area contributed by atoms with Gasteiger partial charge < -0.3 is 5.11 Å². The molecule has 4 nitrogen and oxygen atoms in total. The van der Waals surface area contributed by atoms with E-state index in [1.807, 2.05) is 18.2 Å². The molecule has 1 aliphatic rings. The highest BCUT2D eigenvalue weighted by Gasteiger charge is 2.46. The molecule has 5 heteroatoms. The summed E-state index contributed by atoms with van der Waals surface area (Å²) in [5.41, 5.74) is 1.86. The number of fused-ring (bicyclic) bond motifs is 1. The van der Waals surface area contributed by atoms with E-state index in [9.17, 15) is 4.79 Å². The van der Waals surface area contributed by atoms with E-state index in [0.717, 1.165) is 33.9 Å². The van der Waals surface area contributed by atoms with Gasteiger partial charge in [0.25, 0.3) is 0 Å². The predicted octanol–water partition coefficient (Wildman–Crippen LogP) is 2.83. The zero-order valence-electron chi connectivity index (χ0n) is 9.03. The summed E-state index contributed by atoms with van der Waals surface area (Å²) in [5.74, 6) is -0.728. The van der Waals surface area contributed by atoms with E-state index >= 15 is 0 Å². The zero-order chi connectivity index (χ0) is 12.0. The van der Waals surface area contributed by atoms with Crippen LogP contribution in [0.5, 0.6) is 0 Å². The number of nitrogens with one attached hydrogen (secondary N) is 1. The van der Waals surface area contributed by atoms with Crippen molar-refractivity contribution < 1.29 is 9.90 Å². The first-order chi connectivity index (χ1) is 8.11. The number of hydrogen-bond donors (Lipinski definition) is 2. The summed E-state index contributed by atoms with van der Waals surface area (Å²) in [4.78, 5) is 10.9. The van der Waals surface area contributed by atoms with Crippen LogP contribution in [0.1, 0.15) is 24.8 Å². The Morgan fingerprint density at radius 2 is 2.29 bits per heavy atom. The van der Waals surface area contributed by atoms with Crippen molar-refractivity contribution in [1.82, 2.24) is 10.2 Å². The maximum Gasteiger partial charge on any atom is 0.304 e. The number of rotatable bonds is 3. The van der Waals surface area contributed by atoms with Crippen molar-refractivity contribution in [3.63, 3.8) is 0 Å². The molecule has 1 heterocycles. The smallest absolute Gasteiger partial charge is 0.304 e. The first kappa shape index (κ1) is 10.8. The molecule has 0 saturated heterocycles. The SMILES string of the molecule is O=C(O)CC1(c2ccc3n[nH]c(Br)c3c2)CC1. The second-order valence-electron chi connectivity index (χ2n) is 4.62. The number of H-pyrrole nitrogens is 1. The lowest BCUT2D eigenvalue weighted by Gasteiger charge is -2.12. The fourth-order valence-corrected chi connectivity index (χ4v) is 2.72. The van der Waals surface area contributed by atoms with Crippen LogP contribution in [-0.2, 0) is 10.2 Å². The summed E-state index contributed by atoms with van der Waals surface area (Å²) in [7, 11) is 0. The molecule has 0 amide bonds. The Morgan fingerprint density at radius 3 is 2.94 bits per heavy atom. The van der Waals surface area contributed by atoms with Crippen molar-refractivity contribution in [3.05, 3.63) is 28.4 Å². The molecule has 17 heavy (non-hydrogen) atoms. The number of aromatic nitrogens is 2. The number of nitrogens with zero attached hydrogens (tertiary/aromatic N) is 1. The molecule has 0 unspecified atom stereocenters. The van der Waals surface area contributed by atoms with Crippen LogP contribution < -0.4 is 0 Å². The number of hydrogen-bond acceptors (Lipinski definition) is 2. The van der Waals surface area contributed by atoms with Gasteiger partial charge in [0.15, 0.2) is 0 Å². The van der Waals surface area contributed by atoms with Gasteiger partial charge in [-0.1, -0.05) is 6.07 Å². The number of aromatic amines is 1. The van der Waals surface area contributed by atoms with Crippen molar-refractivity contribution in [2.24, 2.45) is 0 Å². The van der Waals surface area contributed by atoms with Gasteiger partial charge in [0.2, 0.25) is 0 Å². The minimum atomic E-state index is -0.728. The average Bonchev–Trinajstić information content (AvgIpc) is 2.97. The van der Waals surface area contributed by atoms with Gasteiger partial charge in [0.05, 0.1) is 11.9 Å². The maximum atomic E-state index is 10.9. The van der Waals surface area contributed by atoms with E-state index in [2.05, 4.69) is 26.1 Å². The monoisotopic (exact) mass is 294 g/mol. The fraction of sp³-hybridized carbons (Fsp3) is 0.333. The Bertz CT molecular complexity index is 602. The third kappa shape index (κ3) is 1.74. The number of halogens is 1. The second kappa shape index (κ2) is 3.57. The molecule has 1 saturated carbocycles. The van der Waals surface area contributed by atoms with Crippen LogP contribution in [0.15, 0.2) is 22.8 Å². The van der Waals surface area contributed by atoms with Crippen LogP contribution >= 0.6 is 15.9 Å². The van der Waals surface area contributed by atoms with E-state index in [-0.39, 0.29) is 11.8 Å². The van der Waals surface area contributed by atoms with Gasteiger partial charge in [-0.2, -0.15) is 5.10 Å². The lowest BCUT2D eigenvalue weighted by molar-refractivity contribution is -0.137. The largest absolute Gasteiger partial charge is 0.481 e. The number of carbonyl (C=O) groups is 1. The lowest BCUT2D eigenvalue weighted by Crippen LogP contribution is -2.12. The molecular formula is C12H11BrN2O2. The van der Waals surface area contributed by atoms with Crippen molar-refractivity contribution in [2.45, 2.75) is 24.7 Å². The van der Waals surface area contributed by atoms with Crippen LogP contribution in [0, 0.1) is 0 Å². The second-order valence-corrected chi connectivity index (χ2v) is 5.41. The molecule has 0 bridgehead atoms. The van der Waals surface area contributed by atoms with E-state index in [1.54, 1.807) is 0 Å². The Morgan fingerprint density at radius 1 is 1.53 bits per heavy atom. The Balaban J connectivity index is 2.06. The van der Waals surface area contributed by atoms with Gasteiger partial charge in [0, 0.05) is 10.8 Å². The Labute approximate surface area is 106 Å². The van der Waals surface area contributed by atoms with E-state index in [4.69, 9.17) is 5.11 Å². The first-order valence-electron chi connectivity index (χ1n) is 5.47. The Hall–Kier alpha value is -1.36. The van der Waals surface area contributed by atoms with Gasteiger partial charge in [-0.15, -0.1) is 0 Å². The minimum Gasteiger partial charge on any atom is -0.481 e. The van der Waals surface area contributed by atoms with Crippen LogP contribution in [0.2, 0.25) is 0 Å². The quantitative estimate of drug-likeness (QED) is 0.915. The molecule has 2 N–H and O–H groups in total. The van der Waals surface area contributed by atoms with Crippen LogP contribution in [0.3, 0.4) is 0 Å². The summed E-state index contributed by atoms with van der Waals surface area (Å²) >= 11 is 3.40. The third-order valence-electron chi connectivity index (χ3n) is 3.46. The van der Waals surface area contributed by atoms with Crippen molar-refractivity contribution in [3.8, 4) is 0 Å². The normalized spacial score (nSPS) is 17.2. The average molecular weight is 295 g/mol. The number of aliphatic carboxylic acids is 1. The molecule has 88 valence electrons. The van der Waals surface area contributed by atoms with Crippen LogP contribution in [0.4, 0.5) is 0 Å². The highest BCUT2D eigenvalue weighted by atomic mass is 79.9. The van der Waals surface area contributed by atoms with Gasteiger partial charge in [-0.25, -0.2) is 0 Å². The summed E-state index contributed by atoms with van der Waals surface area (Å²) in [6, 6.07) is 5.97. The topological polar surface area (TPSA) is 66.0 Å². The van der Waals surface area contributed by atoms with Gasteiger partial charge in [-0.05, 0) is 46.5 Å². The lowest BCUT2D eigenvalue weighted by atomic mass is 9.92. The van der Waals surface area contributed by atoms with Gasteiger partial charge in [-0.3, -0.25) is 9.89 Å². The first-order valence-corrected chi connectivity index (χ1v) is 6.26. The van der Waals surface area contributed by atoms with Crippen molar-refractivity contribution >= 4 is 32.8 Å². The molecule has 1 aliphatic carbocycles. The molecule has 0 atom stereocenters. The van der Waals surface area contributed by atoms with Crippen LogP contribution in [-0.4, -0.2) is 21.3 Å². The van der Waals surface area contributed by atoms with E-state index < -0.39 is 5.97 Å². The summed E-state index contributed by atoms with van der Waals surface area (Å²) in [6.45, 7) is 0. The molecule has 0 aliphatic heterocycles. The summed E-state index contributed by atoms with van der Waals surface area (Å²) < 4.78 is 0.848. The highest BCUT2D eigenvalue weighted by Crippen LogP contribution is 2.51. The molecule has 1 aromatic heterocycles. The fourth-order valence-electron chi connectivity index (χ4n) is 2.32. The summed E-state index contributed by atoms with van der Waals surface area (Å²) in [5, 5.41) is 17.0. The van der Waals surface area contributed by atoms with Crippen molar-refractivity contribution in [2.75, 3.05) is 0 Å². The standard InChI is InChI=1S/C12H11BrN2O2/c13-11-8-5-7(1-2-9(8)14-15-11)12(3-4-12)6-10(16)17/h1-2,5H,3-4,6H2,(H,14,15)(H,16,17). The van der Waals surface area contributed by atoms with Gasteiger partial charge >= 0.3 is 5.97 Å². The molecule has 0 spiro atoms. The van der Waals surface area contributed by atoms with E-state index in [0.29, 0.717) is 0 Å². The number of carboxylic acids is 1. The minimum absolute atomic E-state index is 0.142. The molecule has 1 aromatic carbocycles. The van der Waals surface area contributed by atoms with Gasteiger partial charge in [0.1, 0.15) is 4.60 Å². The van der Waals surface area contributed by atoms with Crippen molar-refractivity contribution in [1.29, 1.82) is 0 Å². The Kier molecular flexibility index (Phi) is 2.26. The molecule has 0 radical (unpaired) electrons. The maximum absolute atomic E-state index is 10.9. The molecule has 1 fully saturated rings. The molecular weight excluding hydrogens is 284 g/mol. The predicted molar refractivity (Wildman–Crippen MR) is 67.0 cm³/mol. The van der Waals surface area contributed by atoms with E-state index in [1.165, 1.54) is 0 Å². The number of benzene rings is 1. The molecule has 3 rings (SSSR count). The zero-order valence-corrected chi connectivity index (χ0v) is 10.6. The van der Waals surface area contributed by atoms with Crippen LogP contribution in [0.25, 0.3) is 10.9 Å². The molecule has 2 aromatic rings. The third-order valence-corrected chi connectivity index (χ3v) is 4.07.